The maximum Gasteiger partial charge on any atom is 0.238 e. The van der Waals surface area contributed by atoms with Gasteiger partial charge in [0.25, 0.3) is 0 Å². The lowest BCUT2D eigenvalue weighted by Gasteiger charge is -2.35. The zero-order chi connectivity index (χ0) is 18.6. The summed E-state index contributed by atoms with van der Waals surface area (Å²) in [6.07, 6.45) is 3.52. The van der Waals surface area contributed by atoms with Gasteiger partial charge >= 0.3 is 0 Å². The number of benzene rings is 1. The van der Waals surface area contributed by atoms with E-state index in [9.17, 15) is 13.2 Å². The SMILES string of the molecule is NS(=O)(=O)c1cccc(NC(=O)CN2CCNCC2c2cccnc2)c1. The normalized spacial score (nSPS) is 18.4. The predicted molar refractivity (Wildman–Crippen MR) is 97.9 cm³/mol. The van der Waals surface area contributed by atoms with Gasteiger partial charge in [-0.1, -0.05) is 12.1 Å². The molecule has 1 atom stereocenters. The molecule has 0 spiro atoms. The van der Waals surface area contributed by atoms with Crippen LogP contribution >= 0.6 is 0 Å². The maximum absolute atomic E-state index is 12.4. The number of pyridine rings is 1. The monoisotopic (exact) mass is 375 g/mol. The fourth-order valence-electron chi connectivity index (χ4n) is 2.97. The Morgan fingerprint density at radius 3 is 2.92 bits per heavy atom. The molecule has 26 heavy (non-hydrogen) atoms. The fraction of sp³-hybridized carbons (Fsp3) is 0.294. The number of nitrogens with two attached hydrogens (primary N) is 1. The third kappa shape index (κ3) is 4.64. The highest BCUT2D eigenvalue weighted by Gasteiger charge is 2.25. The van der Waals surface area contributed by atoms with Crippen LogP contribution in [0, 0.1) is 0 Å². The largest absolute Gasteiger partial charge is 0.325 e. The summed E-state index contributed by atoms with van der Waals surface area (Å²) in [4.78, 5) is 18.6. The van der Waals surface area contributed by atoms with E-state index in [0.717, 1.165) is 25.2 Å². The molecule has 1 aliphatic rings. The first kappa shape index (κ1) is 18.5. The Balaban J connectivity index is 1.69. The van der Waals surface area contributed by atoms with Crippen LogP contribution in [-0.4, -0.2) is 50.4 Å². The summed E-state index contributed by atoms with van der Waals surface area (Å²) in [6, 6.07) is 9.83. The molecule has 0 aliphatic carbocycles. The van der Waals surface area contributed by atoms with Crippen molar-refractivity contribution in [2.75, 3.05) is 31.5 Å². The summed E-state index contributed by atoms with van der Waals surface area (Å²) in [5, 5.41) is 11.2. The number of nitrogens with zero attached hydrogens (tertiary/aromatic N) is 2. The Morgan fingerprint density at radius 1 is 1.35 bits per heavy atom. The highest BCUT2D eigenvalue weighted by Crippen LogP contribution is 2.21. The Hall–Kier alpha value is -2.33. The average Bonchev–Trinajstić information content (AvgIpc) is 2.62. The zero-order valence-electron chi connectivity index (χ0n) is 14.1. The maximum atomic E-state index is 12.4. The minimum atomic E-state index is -3.81. The van der Waals surface area contributed by atoms with Crippen LogP contribution in [0.4, 0.5) is 5.69 Å². The molecule has 1 saturated heterocycles. The number of nitrogens with one attached hydrogen (secondary N) is 2. The van der Waals surface area contributed by atoms with Crippen LogP contribution in [0.1, 0.15) is 11.6 Å². The minimum absolute atomic E-state index is 0.0364. The summed E-state index contributed by atoms with van der Waals surface area (Å²) in [5.74, 6) is -0.215. The Bertz CT molecular complexity index is 873. The highest BCUT2D eigenvalue weighted by molar-refractivity contribution is 7.89. The molecule has 138 valence electrons. The molecule has 1 unspecified atom stereocenters. The number of carbonyl (C=O) groups excluding carboxylic acids is 1. The molecule has 8 nitrogen and oxygen atoms in total. The summed E-state index contributed by atoms with van der Waals surface area (Å²) >= 11 is 0. The quantitative estimate of drug-likeness (QED) is 0.693. The van der Waals surface area contributed by atoms with Gasteiger partial charge in [0.05, 0.1) is 11.4 Å². The molecule has 2 heterocycles. The zero-order valence-corrected chi connectivity index (χ0v) is 14.9. The van der Waals surface area contributed by atoms with Crippen molar-refractivity contribution in [3.63, 3.8) is 0 Å². The van der Waals surface area contributed by atoms with Crippen molar-refractivity contribution >= 4 is 21.6 Å². The smallest absolute Gasteiger partial charge is 0.238 e. The van der Waals surface area contributed by atoms with E-state index in [1.54, 1.807) is 24.5 Å². The molecule has 1 amide bonds. The number of aromatic nitrogens is 1. The molecule has 1 aliphatic heterocycles. The number of anilines is 1. The number of sulfonamides is 1. The molecular formula is C17H21N5O3S. The number of hydrogen-bond donors (Lipinski definition) is 3. The third-order valence-corrected chi connectivity index (χ3v) is 5.13. The Kier molecular flexibility index (Phi) is 5.62. The number of primary sulfonamides is 1. The first-order valence-corrected chi connectivity index (χ1v) is 9.75. The molecule has 9 heteroatoms. The lowest BCUT2D eigenvalue weighted by Crippen LogP contribution is -2.48. The molecule has 0 bridgehead atoms. The van der Waals surface area contributed by atoms with Gasteiger partial charge in [0.15, 0.2) is 0 Å². The molecular weight excluding hydrogens is 354 g/mol. The second-order valence-electron chi connectivity index (χ2n) is 6.10. The third-order valence-electron chi connectivity index (χ3n) is 4.22. The van der Waals surface area contributed by atoms with Crippen molar-refractivity contribution in [3.8, 4) is 0 Å². The van der Waals surface area contributed by atoms with Crippen LogP contribution in [0.15, 0.2) is 53.7 Å². The molecule has 0 radical (unpaired) electrons. The lowest BCUT2D eigenvalue weighted by molar-refractivity contribution is -0.118. The van der Waals surface area contributed by atoms with E-state index in [4.69, 9.17) is 5.14 Å². The summed E-state index contributed by atoms with van der Waals surface area (Å²) in [6.45, 7) is 2.45. The van der Waals surface area contributed by atoms with Crippen LogP contribution in [0.3, 0.4) is 0 Å². The standard InChI is InChI=1S/C17H21N5O3S/c18-26(24,25)15-5-1-4-14(9-15)21-17(23)12-22-8-7-20-11-16(22)13-3-2-6-19-10-13/h1-6,9-10,16,20H,7-8,11-12H2,(H,21,23)(H2,18,24,25). The highest BCUT2D eigenvalue weighted by atomic mass is 32.2. The van der Waals surface area contributed by atoms with Crippen molar-refractivity contribution < 1.29 is 13.2 Å². The van der Waals surface area contributed by atoms with Crippen LogP contribution < -0.4 is 15.8 Å². The number of hydrogen-bond acceptors (Lipinski definition) is 6. The minimum Gasteiger partial charge on any atom is -0.325 e. The van der Waals surface area contributed by atoms with Gasteiger partial charge < -0.3 is 10.6 Å². The Labute approximate surface area is 152 Å². The summed E-state index contributed by atoms with van der Waals surface area (Å²) < 4.78 is 22.9. The van der Waals surface area contributed by atoms with Crippen molar-refractivity contribution in [1.82, 2.24) is 15.2 Å². The lowest BCUT2D eigenvalue weighted by atomic mass is 10.1. The van der Waals surface area contributed by atoms with Gasteiger partial charge in [-0.25, -0.2) is 13.6 Å². The Morgan fingerprint density at radius 2 is 2.19 bits per heavy atom. The average molecular weight is 375 g/mol. The molecule has 3 rings (SSSR count). The van der Waals surface area contributed by atoms with Crippen molar-refractivity contribution in [2.24, 2.45) is 5.14 Å². The van der Waals surface area contributed by atoms with E-state index < -0.39 is 10.0 Å². The van der Waals surface area contributed by atoms with Crippen molar-refractivity contribution in [1.29, 1.82) is 0 Å². The molecule has 2 aromatic rings. The van der Waals surface area contributed by atoms with Crippen LogP contribution in [0.25, 0.3) is 0 Å². The van der Waals surface area contributed by atoms with Gasteiger partial charge in [-0.05, 0) is 29.8 Å². The van der Waals surface area contributed by atoms with Gasteiger partial charge in [-0.3, -0.25) is 14.7 Å². The van der Waals surface area contributed by atoms with E-state index in [2.05, 4.69) is 20.5 Å². The van der Waals surface area contributed by atoms with E-state index in [1.807, 2.05) is 12.1 Å². The molecule has 4 N–H and O–H groups in total. The molecule has 1 aromatic heterocycles. The fourth-order valence-corrected chi connectivity index (χ4v) is 3.53. The van der Waals surface area contributed by atoms with Crippen LogP contribution in [-0.2, 0) is 14.8 Å². The topological polar surface area (TPSA) is 117 Å². The first-order chi connectivity index (χ1) is 12.4. The second-order valence-corrected chi connectivity index (χ2v) is 7.66. The molecule has 0 saturated carbocycles. The van der Waals surface area contributed by atoms with E-state index >= 15 is 0 Å². The molecule has 1 fully saturated rings. The number of amides is 1. The summed E-state index contributed by atoms with van der Waals surface area (Å²) in [7, 11) is -3.81. The van der Waals surface area contributed by atoms with Gasteiger partial charge in [0, 0.05) is 43.8 Å². The second kappa shape index (κ2) is 7.92. The first-order valence-electron chi connectivity index (χ1n) is 8.21. The van der Waals surface area contributed by atoms with E-state index in [0.29, 0.717) is 5.69 Å². The van der Waals surface area contributed by atoms with Crippen LogP contribution in [0.5, 0.6) is 0 Å². The molecule has 1 aromatic carbocycles. The van der Waals surface area contributed by atoms with Crippen molar-refractivity contribution in [3.05, 3.63) is 54.4 Å². The predicted octanol–water partition coefficient (Wildman–Crippen LogP) is 0.314. The van der Waals surface area contributed by atoms with E-state index in [1.165, 1.54) is 12.1 Å². The number of piperazine rings is 1. The van der Waals surface area contributed by atoms with E-state index in [-0.39, 0.29) is 23.4 Å². The summed E-state index contributed by atoms with van der Waals surface area (Å²) in [5.41, 5.74) is 1.44. The van der Waals surface area contributed by atoms with Gasteiger partial charge in [-0.2, -0.15) is 0 Å². The van der Waals surface area contributed by atoms with Gasteiger partial charge in [0.1, 0.15) is 0 Å². The van der Waals surface area contributed by atoms with Crippen LogP contribution in [0.2, 0.25) is 0 Å². The number of rotatable bonds is 5. The van der Waals surface area contributed by atoms with Gasteiger partial charge in [-0.15, -0.1) is 0 Å². The number of carbonyl (C=O) groups is 1. The van der Waals surface area contributed by atoms with Crippen molar-refractivity contribution in [2.45, 2.75) is 10.9 Å². The van der Waals surface area contributed by atoms with Gasteiger partial charge in [0.2, 0.25) is 15.9 Å².